The minimum absolute atomic E-state index is 0.144. The summed E-state index contributed by atoms with van der Waals surface area (Å²) in [6.45, 7) is 0.288. The lowest BCUT2D eigenvalue weighted by Crippen LogP contribution is -2.41. The van der Waals surface area contributed by atoms with Gasteiger partial charge < -0.3 is 5.32 Å². The maximum Gasteiger partial charge on any atom is 0.245 e. The zero-order valence-electron chi connectivity index (χ0n) is 14.2. The number of rotatable bonds is 4. The van der Waals surface area contributed by atoms with Crippen LogP contribution >= 0.6 is 23.2 Å². The van der Waals surface area contributed by atoms with Crippen LogP contribution in [0, 0.1) is 11.7 Å². The molecule has 9 heteroatoms. The molecule has 0 atom stereocenters. The van der Waals surface area contributed by atoms with Crippen LogP contribution in [0.1, 0.15) is 12.8 Å². The van der Waals surface area contributed by atoms with Gasteiger partial charge in [-0.1, -0.05) is 35.3 Å². The molecule has 0 aromatic heterocycles. The molecule has 27 heavy (non-hydrogen) atoms. The van der Waals surface area contributed by atoms with Crippen LogP contribution in [0.4, 0.5) is 10.1 Å². The molecule has 0 bridgehead atoms. The third-order valence-electron chi connectivity index (χ3n) is 4.41. The van der Waals surface area contributed by atoms with Crippen LogP contribution < -0.4 is 5.32 Å². The smallest absolute Gasteiger partial charge is 0.245 e. The fourth-order valence-electron chi connectivity index (χ4n) is 3.02. The second kappa shape index (κ2) is 8.14. The number of piperidine rings is 1. The van der Waals surface area contributed by atoms with Crippen molar-refractivity contribution in [2.45, 2.75) is 17.7 Å². The molecule has 144 valence electrons. The van der Waals surface area contributed by atoms with Crippen molar-refractivity contribution in [3.8, 4) is 0 Å². The largest absolute Gasteiger partial charge is 0.326 e. The molecular formula is C18H17Cl2FN2O3S. The summed E-state index contributed by atoms with van der Waals surface area (Å²) in [6.07, 6.45) is 0.682. The minimum Gasteiger partial charge on any atom is -0.326 e. The number of hydrogen-bond acceptors (Lipinski definition) is 3. The molecule has 1 saturated heterocycles. The SMILES string of the molecule is O=C(Nc1cc(Cl)cc(Cl)c1)C1CCN(S(=O)(=O)c2ccccc2F)CC1. The number of nitrogens with one attached hydrogen (secondary N) is 1. The van der Waals surface area contributed by atoms with Gasteiger partial charge in [-0.15, -0.1) is 0 Å². The molecule has 3 rings (SSSR count). The zero-order chi connectivity index (χ0) is 19.6. The molecule has 0 saturated carbocycles. The first-order chi connectivity index (χ1) is 12.8. The predicted octanol–water partition coefficient (Wildman–Crippen LogP) is 4.17. The van der Waals surface area contributed by atoms with E-state index in [1.807, 2.05) is 0 Å². The summed E-state index contributed by atoms with van der Waals surface area (Å²) < 4.78 is 40.3. The third-order valence-corrected chi connectivity index (χ3v) is 6.78. The van der Waals surface area contributed by atoms with Crippen molar-refractivity contribution in [3.05, 3.63) is 58.3 Å². The van der Waals surface area contributed by atoms with Crippen molar-refractivity contribution in [3.63, 3.8) is 0 Å². The van der Waals surface area contributed by atoms with Gasteiger partial charge in [-0.3, -0.25) is 4.79 Å². The van der Waals surface area contributed by atoms with E-state index in [-0.39, 0.29) is 29.8 Å². The maximum atomic E-state index is 13.9. The van der Waals surface area contributed by atoms with Gasteiger partial charge in [0.15, 0.2) is 0 Å². The summed E-state index contributed by atoms with van der Waals surface area (Å²) in [5.74, 6) is -1.36. The normalized spacial score (nSPS) is 16.3. The molecule has 0 radical (unpaired) electrons. The van der Waals surface area contributed by atoms with E-state index in [9.17, 15) is 17.6 Å². The Balaban J connectivity index is 1.64. The molecule has 0 unspecified atom stereocenters. The van der Waals surface area contributed by atoms with E-state index in [1.165, 1.54) is 22.5 Å². The predicted molar refractivity (Wildman–Crippen MR) is 103 cm³/mol. The summed E-state index contributed by atoms with van der Waals surface area (Å²) in [5, 5.41) is 3.56. The Morgan fingerprint density at radius 3 is 2.26 bits per heavy atom. The van der Waals surface area contributed by atoms with Crippen LogP contribution in [0.3, 0.4) is 0 Å². The van der Waals surface area contributed by atoms with E-state index in [0.717, 1.165) is 6.07 Å². The molecule has 1 N–H and O–H groups in total. The highest BCUT2D eigenvalue weighted by molar-refractivity contribution is 7.89. The highest BCUT2D eigenvalue weighted by Gasteiger charge is 2.33. The Labute approximate surface area is 167 Å². The molecule has 1 heterocycles. The van der Waals surface area contributed by atoms with Gasteiger partial charge in [-0.05, 0) is 43.2 Å². The first kappa shape index (κ1) is 20.1. The molecule has 5 nitrogen and oxygen atoms in total. The molecule has 0 aliphatic carbocycles. The van der Waals surface area contributed by atoms with Crippen molar-refractivity contribution in [2.75, 3.05) is 18.4 Å². The van der Waals surface area contributed by atoms with Gasteiger partial charge in [0, 0.05) is 34.7 Å². The van der Waals surface area contributed by atoms with Gasteiger partial charge in [-0.25, -0.2) is 12.8 Å². The van der Waals surface area contributed by atoms with Gasteiger partial charge in [-0.2, -0.15) is 4.31 Å². The van der Waals surface area contributed by atoms with Crippen LogP contribution in [0.15, 0.2) is 47.4 Å². The van der Waals surface area contributed by atoms with Crippen molar-refractivity contribution >= 4 is 44.8 Å². The van der Waals surface area contributed by atoms with Crippen LogP contribution in [0.25, 0.3) is 0 Å². The number of benzene rings is 2. The molecule has 1 fully saturated rings. The molecule has 1 amide bonds. The quantitative estimate of drug-likeness (QED) is 0.790. The topological polar surface area (TPSA) is 66.5 Å². The van der Waals surface area contributed by atoms with E-state index in [2.05, 4.69) is 5.32 Å². The summed E-state index contributed by atoms with van der Waals surface area (Å²) >= 11 is 11.8. The fraction of sp³-hybridized carbons (Fsp3) is 0.278. The molecular weight excluding hydrogens is 414 g/mol. The lowest BCUT2D eigenvalue weighted by molar-refractivity contribution is -0.120. The number of amides is 1. The van der Waals surface area contributed by atoms with E-state index in [1.54, 1.807) is 18.2 Å². The van der Waals surface area contributed by atoms with E-state index < -0.39 is 15.8 Å². The highest BCUT2D eigenvalue weighted by atomic mass is 35.5. The Hall–Kier alpha value is -1.67. The standard InChI is InChI=1S/C18H17Cl2FN2O3S/c19-13-9-14(20)11-15(10-13)22-18(24)12-5-7-23(8-6-12)27(25,26)17-4-2-1-3-16(17)21/h1-4,9-12H,5-8H2,(H,22,24). The van der Waals surface area contributed by atoms with Gasteiger partial charge in [0.1, 0.15) is 10.7 Å². The molecule has 1 aliphatic rings. The number of halogens is 3. The second-order valence-corrected chi connectivity index (χ2v) is 9.04. The first-order valence-corrected chi connectivity index (χ1v) is 10.5. The first-order valence-electron chi connectivity index (χ1n) is 8.29. The number of carbonyl (C=O) groups excluding carboxylic acids is 1. The number of carbonyl (C=O) groups is 1. The molecule has 0 spiro atoms. The minimum atomic E-state index is -3.92. The average molecular weight is 431 g/mol. The van der Waals surface area contributed by atoms with Gasteiger partial charge >= 0.3 is 0 Å². The fourth-order valence-corrected chi connectivity index (χ4v) is 5.08. The van der Waals surface area contributed by atoms with Crippen LogP contribution in [0.2, 0.25) is 10.0 Å². The van der Waals surface area contributed by atoms with Gasteiger partial charge in [0.05, 0.1) is 0 Å². The Morgan fingerprint density at radius 2 is 1.67 bits per heavy atom. The lowest BCUT2D eigenvalue weighted by Gasteiger charge is -2.30. The summed E-state index contributed by atoms with van der Waals surface area (Å²) in [7, 11) is -3.92. The Kier molecular flexibility index (Phi) is 6.05. The zero-order valence-corrected chi connectivity index (χ0v) is 16.5. The average Bonchev–Trinajstić information content (AvgIpc) is 2.61. The Bertz CT molecular complexity index is 941. The van der Waals surface area contributed by atoms with Crippen molar-refractivity contribution in [2.24, 2.45) is 5.92 Å². The maximum absolute atomic E-state index is 13.9. The second-order valence-electron chi connectivity index (χ2n) is 6.26. The van der Waals surface area contributed by atoms with E-state index in [4.69, 9.17) is 23.2 Å². The number of hydrogen-bond donors (Lipinski definition) is 1. The van der Waals surface area contributed by atoms with Crippen molar-refractivity contribution in [1.82, 2.24) is 4.31 Å². The highest BCUT2D eigenvalue weighted by Crippen LogP contribution is 2.27. The van der Waals surface area contributed by atoms with Gasteiger partial charge in [0.2, 0.25) is 15.9 Å². The third kappa shape index (κ3) is 4.60. The Morgan fingerprint density at radius 1 is 1.07 bits per heavy atom. The van der Waals surface area contributed by atoms with Gasteiger partial charge in [0.25, 0.3) is 0 Å². The van der Waals surface area contributed by atoms with Crippen LogP contribution in [-0.2, 0) is 14.8 Å². The van der Waals surface area contributed by atoms with Crippen LogP contribution in [0.5, 0.6) is 0 Å². The van der Waals surface area contributed by atoms with E-state index in [0.29, 0.717) is 28.6 Å². The summed E-state index contributed by atoms with van der Waals surface area (Å²) in [5.41, 5.74) is 0.485. The molecule has 2 aromatic carbocycles. The van der Waals surface area contributed by atoms with Crippen LogP contribution in [-0.4, -0.2) is 31.7 Å². The van der Waals surface area contributed by atoms with Crippen molar-refractivity contribution < 1.29 is 17.6 Å². The summed E-state index contributed by atoms with van der Waals surface area (Å²) in [6, 6.07) is 10.0. The number of sulfonamides is 1. The molecule has 2 aromatic rings. The number of anilines is 1. The molecule has 1 aliphatic heterocycles. The monoisotopic (exact) mass is 430 g/mol. The summed E-state index contributed by atoms with van der Waals surface area (Å²) in [4.78, 5) is 12.1. The van der Waals surface area contributed by atoms with Crippen molar-refractivity contribution in [1.29, 1.82) is 0 Å². The number of nitrogens with zero attached hydrogens (tertiary/aromatic N) is 1. The lowest BCUT2D eigenvalue weighted by atomic mass is 9.97. The van der Waals surface area contributed by atoms with E-state index >= 15 is 0 Å².